The van der Waals surface area contributed by atoms with E-state index in [2.05, 4.69) is 18.9 Å². The molecule has 20 heavy (non-hydrogen) atoms. The first-order valence-electron chi connectivity index (χ1n) is 4.26. The van der Waals surface area contributed by atoms with Crippen LogP contribution in [0.3, 0.4) is 0 Å². The average molecular weight is 314 g/mol. The van der Waals surface area contributed by atoms with Gasteiger partial charge in [-0.25, -0.2) is 14.4 Å². The Bertz CT molecular complexity index is 339. The van der Waals surface area contributed by atoms with Crippen molar-refractivity contribution < 1.29 is 59.7 Å². The van der Waals surface area contributed by atoms with E-state index in [1.54, 1.807) is 0 Å². The molecule has 0 saturated heterocycles. The minimum absolute atomic E-state index is 2.09. The molecule has 0 aromatic carbocycles. The highest BCUT2D eigenvalue weighted by atomic mass is 19.4. The van der Waals surface area contributed by atoms with Gasteiger partial charge in [0.15, 0.2) is 13.2 Å². The third kappa shape index (κ3) is 10.9. The summed E-state index contributed by atoms with van der Waals surface area (Å²) in [5.74, 6) is 0. The van der Waals surface area contributed by atoms with Gasteiger partial charge in [0, 0.05) is 0 Å². The molecule has 0 amide bonds. The van der Waals surface area contributed by atoms with Gasteiger partial charge < -0.3 is 18.9 Å². The van der Waals surface area contributed by atoms with Crippen molar-refractivity contribution in [1.82, 2.24) is 0 Å². The Labute approximate surface area is 105 Å². The first-order valence-corrected chi connectivity index (χ1v) is 4.26. The standard InChI is InChI=1S/C7H4F6O7/c8-6(9,10)1-17-3(14)19-5(16)20-4(15)18-2-7(11,12)13/h1-2H2. The third-order valence-corrected chi connectivity index (χ3v) is 1.04. The van der Waals surface area contributed by atoms with E-state index in [9.17, 15) is 40.7 Å². The van der Waals surface area contributed by atoms with Crippen LogP contribution in [0.5, 0.6) is 0 Å². The van der Waals surface area contributed by atoms with Crippen LogP contribution in [0.2, 0.25) is 0 Å². The highest BCUT2D eigenvalue weighted by molar-refractivity contribution is 5.83. The highest BCUT2D eigenvalue weighted by Gasteiger charge is 2.32. The van der Waals surface area contributed by atoms with E-state index in [1.165, 1.54) is 0 Å². The van der Waals surface area contributed by atoms with E-state index in [0.29, 0.717) is 0 Å². The number of alkyl halides is 6. The summed E-state index contributed by atoms with van der Waals surface area (Å²) in [5.41, 5.74) is 0. The van der Waals surface area contributed by atoms with Gasteiger partial charge in [-0.05, 0) is 0 Å². The molecular formula is C7H4F6O7. The van der Waals surface area contributed by atoms with Crippen molar-refractivity contribution in [1.29, 1.82) is 0 Å². The molecule has 0 spiro atoms. The fourth-order valence-corrected chi connectivity index (χ4v) is 0.497. The maximum Gasteiger partial charge on any atom is 0.528 e. The molecule has 0 aliphatic heterocycles. The Balaban J connectivity index is 3.99. The lowest BCUT2D eigenvalue weighted by atomic mass is 10.7. The average Bonchev–Trinajstić information content (AvgIpc) is 2.21. The second-order valence-corrected chi connectivity index (χ2v) is 2.76. The number of hydrogen-bond acceptors (Lipinski definition) is 7. The quantitative estimate of drug-likeness (QED) is 0.439. The summed E-state index contributed by atoms with van der Waals surface area (Å²) in [4.78, 5) is 31.3. The van der Waals surface area contributed by atoms with Gasteiger partial charge in [0.2, 0.25) is 0 Å². The predicted molar refractivity (Wildman–Crippen MR) is 42.4 cm³/mol. The molecule has 7 nitrogen and oxygen atoms in total. The van der Waals surface area contributed by atoms with Gasteiger partial charge in [0.25, 0.3) is 0 Å². The van der Waals surface area contributed by atoms with Crippen molar-refractivity contribution in [2.24, 2.45) is 0 Å². The fraction of sp³-hybridized carbons (Fsp3) is 0.571. The van der Waals surface area contributed by atoms with Gasteiger partial charge >= 0.3 is 30.8 Å². The summed E-state index contributed by atoms with van der Waals surface area (Å²) in [6.07, 6.45) is -16.3. The van der Waals surface area contributed by atoms with Crippen molar-refractivity contribution >= 4 is 18.5 Å². The molecule has 0 aromatic heterocycles. The highest BCUT2D eigenvalue weighted by Crippen LogP contribution is 2.15. The normalized spacial score (nSPS) is 11.5. The van der Waals surface area contributed by atoms with Crippen LogP contribution in [0.1, 0.15) is 0 Å². The lowest BCUT2D eigenvalue weighted by Crippen LogP contribution is -2.25. The van der Waals surface area contributed by atoms with Crippen molar-refractivity contribution in [3.63, 3.8) is 0 Å². The van der Waals surface area contributed by atoms with Crippen LogP contribution in [0.15, 0.2) is 0 Å². The third-order valence-electron chi connectivity index (χ3n) is 1.04. The molecule has 0 fully saturated rings. The van der Waals surface area contributed by atoms with E-state index < -0.39 is 44.0 Å². The Hall–Kier alpha value is -2.21. The maximum atomic E-state index is 11.5. The van der Waals surface area contributed by atoms with Gasteiger partial charge in [-0.1, -0.05) is 0 Å². The SMILES string of the molecule is O=C(OCC(F)(F)F)OC(=O)OC(=O)OCC(F)(F)F. The van der Waals surface area contributed by atoms with Crippen molar-refractivity contribution in [3.05, 3.63) is 0 Å². The summed E-state index contributed by atoms with van der Waals surface area (Å²) in [7, 11) is 0. The van der Waals surface area contributed by atoms with E-state index >= 15 is 0 Å². The Kier molecular flexibility index (Phi) is 6.06. The zero-order valence-electron chi connectivity index (χ0n) is 9.04. The molecule has 13 heteroatoms. The van der Waals surface area contributed by atoms with Crippen molar-refractivity contribution in [2.75, 3.05) is 13.2 Å². The molecule has 116 valence electrons. The molecule has 0 aromatic rings. The zero-order valence-corrected chi connectivity index (χ0v) is 9.04. The predicted octanol–water partition coefficient (Wildman–Crippen LogP) is 2.54. The van der Waals surface area contributed by atoms with Gasteiger partial charge in [-0.2, -0.15) is 26.3 Å². The first-order chi connectivity index (χ1) is 8.89. The van der Waals surface area contributed by atoms with Crippen LogP contribution in [-0.2, 0) is 18.9 Å². The molecule has 0 unspecified atom stereocenters. The fourth-order valence-electron chi connectivity index (χ4n) is 0.497. The zero-order chi connectivity index (χ0) is 16.0. The summed E-state index contributed by atoms with van der Waals surface area (Å²) < 4.78 is 82.7. The maximum absolute atomic E-state index is 11.5. The number of carbonyl (C=O) groups is 3. The number of carbonyl (C=O) groups excluding carboxylic acids is 3. The number of ether oxygens (including phenoxy) is 4. The molecule has 0 rings (SSSR count). The van der Waals surface area contributed by atoms with E-state index in [1.807, 2.05) is 0 Å². The minimum Gasteiger partial charge on any atom is -0.424 e. The Morgan fingerprint density at radius 3 is 1.20 bits per heavy atom. The number of hydrogen-bond donors (Lipinski definition) is 0. The van der Waals surface area contributed by atoms with Crippen molar-refractivity contribution in [2.45, 2.75) is 12.4 Å². The van der Waals surface area contributed by atoms with Gasteiger partial charge in [0.1, 0.15) is 0 Å². The van der Waals surface area contributed by atoms with Crippen LogP contribution in [-0.4, -0.2) is 44.0 Å². The molecule has 0 N–H and O–H groups in total. The molecular weight excluding hydrogens is 310 g/mol. The van der Waals surface area contributed by atoms with E-state index in [4.69, 9.17) is 0 Å². The van der Waals surface area contributed by atoms with Crippen LogP contribution >= 0.6 is 0 Å². The van der Waals surface area contributed by atoms with E-state index in [-0.39, 0.29) is 0 Å². The van der Waals surface area contributed by atoms with Crippen LogP contribution in [0, 0.1) is 0 Å². The van der Waals surface area contributed by atoms with Gasteiger partial charge in [-0.3, -0.25) is 0 Å². The topological polar surface area (TPSA) is 88.1 Å². The summed E-state index contributed by atoms with van der Waals surface area (Å²) in [5, 5.41) is 0. The molecule has 0 saturated carbocycles. The lowest BCUT2D eigenvalue weighted by Gasteiger charge is -2.08. The van der Waals surface area contributed by atoms with Crippen LogP contribution in [0.25, 0.3) is 0 Å². The van der Waals surface area contributed by atoms with Gasteiger partial charge in [-0.15, -0.1) is 0 Å². The van der Waals surface area contributed by atoms with E-state index in [0.717, 1.165) is 0 Å². The molecule has 0 atom stereocenters. The summed E-state index contributed by atoms with van der Waals surface area (Å²) in [6.45, 7) is -4.17. The Morgan fingerprint density at radius 2 is 0.950 bits per heavy atom. The van der Waals surface area contributed by atoms with Crippen molar-refractivity contribution in [3.8, 4) is 0 Å². The smallest absolute Gasteiger partial charge is 0.424 e. The minimum atomic E-state index is -4.89. The van der Waals surface area contributed by atoms with Crippen LogP contribution in [0.4, 0.5) is 40.7 Å². The molecule has 0 radical (unpaired) electrons. The lowest BCUT2D eigenvalue weighted by molar-refractivity contribution is -0.166. The largest absolute Gasteiger partial charge is 0.528 e. The first kappa shape index (κ1) is 17.8. The second-order valence-electron chi connectivity index (χ2n) is 2.76. The second kappa shape index (κ2) is 6.81. The molecule has 0 heterocycles. The number of rotatable bonds is 2. The Morgan fingerprint density at radius 1 is 0.650 bits per heavy atom. The number of halogens is 6. The monoisotopic (exact) mass is 314 g/mol. The van der Waals surface area contributed by atoms with Crippen LogP contribution < -0.4 is 0 Å². The van der Waals surface area contributed by atoms with Gasteiger partial charge in [0.05, 0.1) is 0 Å². The molecule has 0 aliphatic carbocycles. The summed E-state index contributed by atoms with van der Waals surface area (Å²) in [6, 6.07) is 0. The summed E-state index contributed by atoms with van der Waals surface area (Å²) >= 11 is 0. The molecule has 0 bridgehead atoms. The molecule has 0 aliphatic rings.